The summed E-state index contributed by atoms with van der Waals surface area (Å²) in [5, 5.41) is 2.16. The van der Waals surface area contributed by atoms with Gasteiger partial charge in [0.2, 0.25) is 0 Å². The zero-order valence-corrected chi connectivity index (χ0v) is 18.7. The van der Waals surface area contributed by atoms with Gasteiger partial charge in [0.25, 0.3) is 5.91 Å². The third-order valence-corrected chi connectivity index (χ3v) is 5.35. The van der Waals surface area contributed by atoms with E-state index >= 15 is 0 Å². The van der Waals surface area contributed by atoms with Crippen LogP contribution in [0.1, 0.15) is 76.2 Å². The summed E-state index contributed by atoms with van der Waals surface area (Å²) in [7, 11) is 0. The number of carbonyl (C=O) groups is 1. The standard InChI is InChI=1S/C20H26ClF3N2O.C2H6/c1-5-13(2)25-18(27)14-11-16(21)15(20(22,23)24)12-17(14)26-9-6-7-19(3,4)8-10-26;1-2/h11-12H,2,5-10H2,1,3-4H3,(H,25,27);1-2H3. The fourth-order valence-corrected chi connectivity index (χ4v) is 3.47. The fourth-order valence-electron chi connectivity index (χ4n) is 3.20. The van der Waals surface area contributed by atoms with Crippen LogP contribution in [0.4, 0.5) is 18.9 Å². The van der Waals surface area contributed by atoms with Gasteiger partial charge in [0.15, 0.2) is 0 Å². The molecule has 0 saturated carbocycles. The van der Waals surface area contributed by atoms with Crippen LogP contribution in [0, 0.1) is 5.41 Å². The number of anilines is 1. The van der Waals surface area contributed by atoms with E-state index in [2.05, 4.69) is 25.7 Å². The second-order valence-electron chi connectivity index (χ2n) is 7.76. The summed E-state index contributed by atoms with van der Waals surface area (Å²) in [5.74, 6) is -0.490. The lowest BCUT2D eigenvalue weighted by Crippen LogP contribution is -2.30. The molecule has 1 heterocycles. The molecule has 1 aliphatic heterocycles. The SMILES string of the molecule is C=C(CC)NC(=O)c1cc(Cl)c(C(F)(F)F)cc1N1CCCC(C)(C)CC1.CC. The average Bonchev–Trinajstić information content (AvgIpc) is 2.82. The van der Waals surface area contributed by atoms with Gasteiger partial charge in [-0.1, -0.05) is 52.8 Å². The van der Waals surface area contributed by atoms with Crippen LogP contribution in [0.15, 0.2) is 24.4 Å². The van der Waals surface area contributed by atoms with Gasteiger partial charge in [-0.15, -0.1) is 0 Å². The van der Waals surface area contributed by atoms with Crippen LogP contribution in [0.25, 0.3) is 0 Å². The van der Waals surface area contributed by atoms with Crippen molar-refractivity contribution in [3.05, 3.63) is 40.6 Å². The van der Waals surface area contributed by atoms with Crippen LogP contribution < -0.4 is 10.2 Å². The van der Waals surface area contributed by atoms with E-state index in [4.69, 9.17) is 11.6 Å². The molecule has 0 radical (unpaired) electrons. The van der Waals surface area contributed by atoms with Gasteiger partial charge in [-0.05, 0) is 43.2 Å². The van der Waals surface area contributed by atoms with Gasteiger partial charge in [-0.2, -0.15) is 13.2 Å². The number of hydrogen-bond donors (Lipinski definition) is 1. The number of benzene rings is 1. The number of nitrogens with zero attached hydrogens (tertiary/aromatic N) is 1. The van der Waals surface area contributed by atoms with E-state index in [1.165, 1.54) is 0 Å². The maximum Gasteiger partial charge on any atom is 0.417 e. The van der Waals surface area contributed by atoms with E-state index in [0.717, 1.165) is 31.4 Å². The number of nitrogens with one attached hydrogen (secondary N) is 1. The molecule has 7 heteroatoms. The lowest BCUT2D eigenvalue weighted by atomic mass is 9.85. The molecule has 1 amide bonds. The Morgan fingerprint density at radius 3 is 2.41 bits per heavy atom. The molecular formula is C22H32ClF3N2O. The van der Waals surface area contributed by atoms with Gasteiger partial charge in [-0.3, -0.25) is 4.79 Å². The molecule has 0 unspecified atom stereocenters. The Morgan fingerprint density at radius 1 is 1.24 bits per heavy atom. The molecule has 1 aromatic carbocycles. The Hall–Kier alpha value is -1.69. The Labute approximate surface area is 177 Å². The highest BCUT2D eigenvalue weighted by molar-refractivity contribution is 6.32. The molecule has 1 fully saturated rings. The monoisotopic (exact) mass is 432 g/mol. The average molecular weight is 433 g/mol. The molecule has 0 spiro atoms. The molecule has 0 bridgehead atoms. The second-order valence-corrected chi connectivity index (χ2v) is 8.17. The van der Waals surface area contributed by atoms with Gasteiger partial charge in [0, 0.05) is 18.8 Å². The predicted octanol–water partition coefficient (Wildman–Crippen LogP) is 7.06. The van der Waals surface area contributed by atoms with E-state index in [1.807, 2.05) is 25.7 Å². The molecule has 1 aliphatic rings. The smallest absolute Gasteiger partial charge is 0.371 e. The molecular weight excluding hydrogens is 401 g/mol. The number of rotatable bonds is 4. The molecule has 1 saturated heterocycles. The fraction of sp³-hybridized carbons (Fsp3) is 0.591. The maximum absolute atomic E-state index is 13.4. The van der Waals surface area contributed by atoms with Crippen molar-refractivity contribution in [3.8, 4) is 0 Å². The summed E-state index contributed by atoms with van der Waals surface area (Å²) in [6.07, 6.45) is -1.39. The molecule has 0 aliphatic carbocycles. The molecule has 29 heavy (non-hydrogen) atoms. The van der Waals surface area contributed by atoms with Gasteiger partial charge >= 0.3 is 6.18 Å². The topological polar surface area (TPSA) is 32.3 Å². The molecule has 2 rings (SSSR count). The third-order valence-electron chi connectivity index (χ3n) is 5.03. The first-order valence-corrected chi connectivity index (χ1v) is 10.5. The zero-order chi connectivity index (χ0) is 22.4. The largest absolute Gasteiger partial charge is 0.417 e. The number of amides is 1. The molecule has 0 aromatic heterocycles. The van der Waals surface area contributed by atoms with Crippen LogP contribution in [-0.4, -0.2) is 19.0 Å². The maximum atomic E-state index is 13.4. The molecule has 1 aromatic rings. The molecule has 3 nitrogen and oxygen atoms in total. The summed E-state index contributed by atoms with van der Waals surface area (Å²) in [6, 6.07) is 2.12. The Balaban J connectivity index is 0.00000204. The van der Waals surface area contributed by atoms with Crippen molar-refractivity contribution in [2.75, 3.05) is 18.0 Å². The number of allylic oxidation sites excluding steroid dienone is 1. The van der Waals surface area contributed by atoms with E-state index in [-0.39, 0.29) is 16.7 Å². The lowest BCUT2D eigenvalue weighted by Gasteiger charge is -2.28. The van der Waals surface area contributed by atoms with E-state index in [0.29, 0.717) is 25.2 Å². The quantitative estimate of drug-likeness (QED) is 0.552. The normalized spacial score (nSPS) is 16.4. The second kappa shape index (κ2) is 10.4. The number of alkyl halides is 3. The first kappa shape index (κ1) is 25.3. The Morgan fingerprint density at radius 2 is 1.86 bits per heavy atom. The highest BCUT2D eigenvalue weighted by Gasteiger charge is 2.36. The predicted molar refractivity (Wildman–Crippen MR) is 115 cm³/mol. The zero-order valence-electron chi connectivity index (χ0n) is 18.0. The highest BCUT2D eigenvalue weighted by atomic mass is 35.5. The van der Waals surface area contributed by atoms with Crippen LogP contribution in [0.3, 0.4) is 0 Å². The lowest BCUT2D eigenvalue weighted by molar-refractivity contribution is -0.137. The number of hydrogen-bond acceptors (Lipinski definition) is 2. The van der Waals surface area contributed by atoms with Gasteiger partial charge < -0.3 is 10.2 Å². The van der Waals surface area contributed by atoms with Crippen molar-refractivity contribution in [2.45, 2.75) is 66.5 Å². The van der Waals surface area contributed by atoms with Crippen LogP contribution in [-0.2, 0) is 6.18 Å². The van der Waals surface area contributed by atoms with E-state index in [1.54, 1.807) is 0 Å². The van der Waals surface area contributed by atoms with Crippen molar-refractivity contribution in [2.24, 2.45) is 5.41 Å². The van der Waals surface area contributed by atoms with Crippen molar-refractivity contribution in [1.82, 2.24) is 5.32 Å². The minimum absolute atomic E-state index is 0.118. The van der Waals surface area contributed by atoms with Gasteiger partial charge in [0.05, 0.1) is 21.8 Å². The summed E-state index contributed by atoms with van der Waals surface area (Å²) >= 11 is 5.88. The van der Waals surface area contributed by atoms with Crippen molar-refractivity contribution in [1.29, 1.82) is 0 Å². The summed E-state index contributed by atoms with van der Waals surface area (Å²) in [6.45, 7) is 15.1. The van der Waals surface area contributed by atoms with E-state index in [9.17, 15) is 18.0 Å². The number of carbonyl (C=O) groups excluding carboxylic acids is 1. The Kier molecular flexibility index (Phi) is 9.07. The minimum Gasteiger partial charge on any atom is -0.371 e. The first-order valence-electron chi connectivity index (χ1n) is 10.1. The molecule has 1 N–H and O–H groups in total. The minimum atomic E-state index is -4.58. The van der Waals surface area contributed by atoms with Crippen molar-refractivity contribution >= 4 is 23.2 Å². The summed E-state index contributed by atoms with van der Waals surface area (Å²) < 4.78 is 40.1. The van der Waals surface area contributed by atoms with E-state index < -0.39 is 22.7 Å². The summed E-state index contributed by atoms with van der Waals surface area (Å²) in [4.78, 5) is 14.5. The van der Waals surface area contributed by atoms with Gasteiger partial charge in [-0.25, -0.2) is 0 Å². The van der Waals surface area contributed by atoms with Crippen LogP contribution in [0.5, 0.6) is 0 Å². The Bertz CT molecular complexity index is 730. The highest BCUT2D eigenvalue weighted by Crippen LogP contribution is 2.40. The van der Waals surface area contributed by atoms with Crippen molar-refractivity contribution in [3.63, 3.8) is 0 Å². The summed E-state index contributed by atoms with van der Waals surface area (Å²) in [5.41, 5.74) is 0.105. The molecule has 164 valence electrons. The molecule has 0 atom stereocenters. The first-order chi connectivity index (χ1) is 13.4. The number of halogens is 4. The van der Waals surface area contributed by atoms with Crippen LogP contribution >= 0.6 is 11.6 Å². The third kappa shape index (κ3) is 6.95. The van der Waals surface area contributed by atoms with Gasteiger partial charge in [0.1, 0.15) is 0 Å². The van der Waals surface area contributed by atoms with Crippen LogP contribution in [0.2, 0.25) is 5.02 Å². The van der Waals surface area contributed by atoms with Crippen molar-refractivity contribution < 1.29 is 18.0 Å².